The van der Waals surface area contributed by atoms with Gasteiger partial charge in [-0.1, -0.05) is 54.6 Å². The second-order valence-electron chi connectivity index (χ2n) is 9.37. The van der Waals surface area contributed by atoms with Crippen LogP contribution in [0.3, 0.4) is 0 Å². The maximum Gasteiger partial charge on any atom is 0.163 e. The van der Waals surface area contributed by atoms with Crippen LogP contribution in [0.4, 0.5) is 5.82 Å². The molecular formula is C29H32N4O2. The number of ether oxygens (including phenoxy) is 2. The van der Waals surface area contributed by atoms with E-state index in [0.717, 1.165) is 48.8 Å². The molecule has 0 saturated carbocycles. The molecule has 5 rings (SSSR count). The largest absolute Gasteiger partial charge is 0.493 e. The van der Waals surface area contributed by atoms with Crippen molar-refractivity contribution in [2.24, 2.45) is 5.92 Å². The average Bonchev–Trinajstić information content (AvgIpc) is 2.89. The summed E-state index contributed by atoms with van der Waals surface area (Å²) in [6.45, 7) is 2.90. The molecule has 2 heterocycles. The molecule has 1 aliphatic rings. The summed E-state index contributed by atoms with van der Waals surface area (Å²) in [4.78, 5) is 11.8. The van der Waals surface area contributed by atoms with Crippen LogP contribution in [0.2, 0.25) is 0 Å². The molecule has 180 valence electrons. The van der Waals surface area contributed by atoms with Crippen molar-refractivity contribution in [1.29, 1.82) is 0 Å². The van der Waals surface area contributed by atoms with E-state index in [4.69, 9.17) is 20.2 Å². The molecule has 0 atom stereocenters. The van der Waals surface area contributed by atoms with Gasteiger partial charge in [-0.2, -0.15) is 0 Å². The fourth-order valence-electron chi connectivity index (χ4n) is 4.60. The Morgan fingerprint density at radius 3 is 2.34 bits per heavy atom. The van der Waals surface area contributed by atoms with Gasteiger partial charge >= 0.3 is 0 Å². The third-order valence-corrected chi connectivity index (χ3v) is 6.79. The molecule has 1 aromatic heterocycles. The van der Waals surface area contributed by atoms with Gasteiger partial charge in [0.25, 0.3) is 0 Å². The van der Waals surface area contributed by atoms with Crippen molar-refractivity contribution >= 4 is 16.7 Å². The summed E-state index contributed by atoms with van der Waals surface area (Å²) in [6, 6.07) is 22.6. The Kier molecular flexibility index (Phi) is 6.82. The fraction of sp³-hybridized carbons (Fsp3) is 0.310. The van der Waals surface area contributed by atoms with E-state index >= 15 is 0 Å². The first-order valence-electron chi connectivity index (χ1n) is 12.2. The second kappa shape index (κ2) is 10.3. The standard InChI is InChI=1S/C29H32N4O2/c1-33-14-12-22(13-15-33)19-35-27-18-25-24(17-26(27)34-2)28(30)32-29(31-25)23-10-8-21(9-11-23)16-20-6-4-3-5-7-20/h3-11,17-18,22H,12-16,19H2,1-2H3,(H2,30,31,32). The van der Waals surface area contributed by atoms with Crippen molar-refractivity contribution in [2.75, 3.05) is 39.6 Å². The minimum Gasteiger partial charge on any atom is -0.493 e. The van der Waals surface area contributed by atoms with Crippen LogP contribution < -0.4 is 15.2 Å². The zero-order chi connectivity index (χ0) is 24.2. The SMILES string of the molecule is COc1cc2c(N)nc(-c3ccc(Cc4ccccc4)cc3)nc2cc1OCC1CCN(C)CC1. The predicted octanol–water partition coefficient (Wildman–Crippen LogP) is 5.20. The molecule has 3 aromatic carbocycles. The van der Waals surface area contributed by atoms with Gasteiger partial charge in [0, 0.05) is 17.0 Å². The number of rotatable bonds is 7. The molecule has 4 aromatic rings. The van der Waals surface area contributed by atoms with Crippen molar-refractivity contribution in [1.82, 2.24) is 14.9 Å². The molecule has 0 unspecified atom stereocenters. The molecule has 0 spiro atoms. The lowest BCUT2D eigenvalue weighted by atomic mass is 9.98. The summed E-state index contributed by atoms with van der Waals surface area (Å²) >= 11 is 0. The molecule has 1 saturated heterocycles. The molecule has 1 aliphatic heterocycles. The Hall–Kier alpha value is -3.64. The van der Waals surface area contributed by atoms with Crippen LogP contribution in [-0.2, 0) is 6.42 Å². The number of hydrogen-bond acceptors (Lipinski definition) is 6. The van der Waals surface area contributed by atoms with E-state index in [-0.39, 0.29) is 0 Å². The molecule has 35 heavy (non-hydrogen) atoms. The first-order valence-corrected chi connectivity index (χ1v) is 12.2. The number of nitrogens with two attached hydrogens (primary N) is 1. The van der Waals surface area contributed by atoms with Crippen LogP contribution in [0.1, 0.15) is 24.0 Å². The molecule has 2 N–H and O–H groups in total. The first kappa shape index (κ1) is 23.1. The van der Waals surface area contributed by atoms with Gasteiger partial charge in [-0.25, -0.2) is 9.97 Å². The summed E-state index contributed by atoms with van der Waals surface area (Å²) in [7, 11) is 3.81. The molecule has 6 nitrogen and oxygen atoms in total. The topological polar surface area (TPSA) is 73.5 Å². The molecule has 0 radical (unpaired) electrons. The molecule has 1 fully saturated rings. The number of fused-ring (bicyclic) bond motifs is 1. The zero-order valence-corrected chi connectivity index (χ0v) is 20.4. The summed E-state index contributed by atoms with van der Waals surface area (Å²) in [5.41, 5.74) is 10.6. The monoisotopic (exact) mass is 468 g/mol. The Bertz CT molecular complexity index is 1280. The van der Waals surface area contributed by atoms with Crippen molar-refractivity contribution in [2.45, 2.75) is 19.3 Å². The summed E-state index contributed by atoms with van der Waals surface area (Å²) in [5, 5.41) is 0.762. The number of anilines is 1. The molecular weight excluding hydrogens is 436 g/mol. The summed E-state index contributed by atoms with van der Waals surface area (Å²) in [6.07, 6.45) is 3.18. The van der Waals surface area contributed by atoms with E-state index in [1.54, 1.807) is 7.11 Å². The number of likely N-dealkylation sites (tertiary alicyclic amines) is 1. The lowest BCUT2D eigenvalue weighted by Crippen LogP contribution is -2.32. The lowest BCUT2D eigenvalue weighted by molar-refractivity contribution is 0.157. The molecule has 6 heteroatoms. The molecule has 0 bridgehead atoms. The molecule has 0 amide bonds. The zero-order valence-electron chi connectivity index (χ0n) is 20.4. The Labute approximate surface area is 206 Å². The van der Waals surface area contributed by atoms with Crippen LogP contribution in [-0.4, -0.2) is 48.7 Å². The first-order chi connectivity index (χ1) is 17.1. The van der Waals surface area contributed by atoms with E-state index in [2.05, 4.69) is 65.5 Å². The number of nitrogens with zero attached hydrogens (tertiary/aromatic N) is 3. The highest BCUT2D eigenvalue weighted by Crippen LogP contribution is 2.35. The highest BCUT2D eigenvalue weighted by Gasteiger charge is 2.19. The van der Waals surface area contributed by atoms with E-state index in [0.29, 0.717) is 35.7 Å². The van der Waals surface area contributed by atoms with Gasteiger partial charge in [-0.05, 0) is 62.5 Å². The van der Waals surface area contributed by atoms with Gasteiger partial charge in [-0.15, -0.1) is 0 Å². The summed E-state index contributed by atoms with van der Waals surface area (Å²) in [5.74, 6) is 2.93. The van der Waals surface area contributed by atoms with Gasteiger partial charge in [0.2, 0.25) is 0 Å². The van der Waals surface area contributed by atoms with Crippen molar-refractivity contribution < 1.29 is 9.47 Å². The van der Waals surface area contributed by atoms with Gasteiger partial charge in [0.05, 0.1) is 19.2 Å². The second-order valence-corrected chi connectivity index (χ2v) is 9.37. The van der Waals surface area contributed by atoms with E-state index in [1.807, 2.05) is 18.2 Å². The van der Waals surface area contributed by atoms with Crippen molar-refractivity contribution in [3.05, 3.63) is 77.9 Å². The van der Waals surface area contributed by atoms with Gasteiger partial charge in [-0.3, -0.25) is 0 Å². The minimum absolute atomic E-state index is 0.429. The maximum atomic E-state index is 6.35. The smallest absolute Gasteiger partial charge is 0.163 e. The third kappa shape index (κ3) is 5.38. The Morgan fingerprint density at radius 2 is 1.63 bits per heavy atom. The van der Waals surface area contributed by atoms with Crippen LogP contribution in [0, 0.1) is 5.92 Å². The number of hydrogen-bond donors (Lipinski definition) is 1. The van der Waals surface area contributed by atoms with Gasteiger partial charge in [0.1, 0.15) is 5.82 Å². The predicted molar refractivity (Wildman–Crippen MR) is 141 cm³/mol. The number of benzene rings is 3. The quantitative estimate of drug-likeness (QED) is 0.402. The number of methoxy groups -OCH3 is 1. The molecule has 0 aliphatic carbocycles. The Morgan fingerprint density at radius 1 is 0.914 bits per heavy atom. The van der Waals surface area contributed by atoms with Crippen molar-refractivity contribution in [3.63, 3.8) is 0 Å². The highest BCUT2D eigenvalue weighted by molar-refractivity contribution is 5.92. The maximum absolute atomic E-state index is 6.35. The fourth-order valence-corrected chi connectivity index (χ4v) is 4.60. The van der Waals surface area contributed by atoms with E-state index < -0.39 is 0 Å². The number of piperidine rings is 1. The summed E-state index contributed by atoms with van der Waals surface area (Å²) < 4.78 is 11.8. The lowest BCUT2D eigenvalue weighted by Gasteiger charge is -2.28. The average molecular weight is 469 g/mol. The minimum atomic E-state index is 0.429. The highest BCUT2D eigenvalue weighted by atomic mass is 16.5. The third-order valence-electron chi connectivity index (χ3n) is 6.79. The van der Waals surface area contributed by atoms with Gasteiger partial charge in [0.15, 0.2) is 17.3 Å². The number of nitrogen functional groups attached to an aromatic ring is 1. The van der Waals surface area contributed by atoms with E-state index in [1.165, 1.54) is 11.1 Å². The normalized spacial score (nSPS) is 14.8. The van der Waals surface area contributed by atoms with Gasteiger partial charge < -0.3 is 20.1 Å². The van der Waals surface area contributed by atoms with Crippen LogP contribution >= 0.6 is 0 Å². The van der Waals surface area contributed by atoms with Crippen molar-refractivity contribution in [3.8, 4) is 22.9 Å². The van der Waals surface area contributed by atoms with Crippen LogP contribution in [0.15, 0.2) is 66.7 Å². The number of aromatic nitrogens is 2. The van der Waals surface area contributed by atoms with Crippen LogP contribution in [0.5, 0.6) is 11.5 Å². The van der Waals surface area contributed by atoms with E-state index in [9.17, 15) is 0 Å². The Balaban J connectivity index is 1.38. The van der Waals surface area contributed by atoms with Crippen LogP contribution in [0.25, 0.3) is 22.3 Å².